The second-order valence-electron chi connectivity index (χ2n) is 1.92. The Kier molecular flexibility index (Phi) is 2.13. The average Bonchev–Trinajstić information content (AvgIpc) is 1.91. The lowest BCUT2D eigenvalue weighted by atomic mass is 10.3. The molecule has 0 saturated carbocycles. The SMILES string of the molecule is C=CCN1[C]=CC=CC1. The third-order valence-electron chi connectivity index (χ3n) is 1.16. The van der Waals surface area contributed by atoms with E-state index in [4.69, 9.17) is 0 Å². The van der Waals surface area contributed by atoms with Gasteiger partial charge in [0.2, 0.25) is 0 Å². The smallest absolute Gasteiger partial charge is 0.0609 e. The summed E-state index contributed by atoms with van der Waals surface area (Å²) in [6, 6.07) is 0. The molecule has 1 aliphatic rings. The summed E-state index contributed by atoms with van der Waals surface area (Å²) in [5.74, 6) is 0. The fourth-order valence-corrected chi connectivity index (χ4v) is 0.740. The lowest BCUT2D eigenvalue weighted by Gasteiger charge is -2.16. The van der Waals surface area contributed by atoms with Crippen molar-refractivity contribution in [1.29, 1.82) is 0 Å². The fourth-order valence-electron chi connectivity index (χ4n) is 0.740. The van der Waals surface area contributed by atoms with E-state index in [2.05, 4.69) is 23.8 Å². The second-order valence-corrected chi connectivity index (χ2v) is 1.92. The Balaban J connectivity index is 2.36. The first-order valence-corrected chi connectivity index (χ1v) is 3.04. The molecule has 9 heavy (non-hydrogen) atoms. The van der Waals surface area contributed by atoms with Gasteiger partial charge in [-0.1, -0.05) is 18.2 Å². The maximum Gasteiger partial charge on any atom is 0.0609 e. The molecule has 0 N–H and O–H groups in total. The second kappa shape index (κ2) is 3.13. The Hall–Kier alpha value is -0.980. The predicted molar refractivity (Wildman–Crippen MR) is 38.7 cm³/mol. The maximum atomic E-state index is 3.64. The molecule has 1 heteroatoms. The van der Waals surface area contributed by atoms with Crippen LogP contribution in [0.25, 0.3) is 0 Å². The van der Waals surface area contributed by atoms with Crippen molar-refractivity contribution in [2.75, 3.05) is 13.1 Å². The summed E-state index contributed by atoms with van der Waals surface area (Å²) in [6.07, 6.45) is 11.0. The van der Waals surface area contributed by atoms with E-state index >= 15 is 0 Å². The largest absolute Gasteiger partial charge is 0.362 e. The minimum atomic E-state index is 0.890. The quantitative estimate of drug-likeness (QED) is 0.497. The van der Waals surface area contributed by atoms with Crippen molar-refractivity contribution in [1.82, 2.24) is 4.90 Å². The van der Waals surface area contributed by atoms with Crippen LogP contribution in [0.5, 0.6) is 0 Å². The number of rotatable bonds is 2. The zero-order valence-corrected chi connectivity index (χ0v) is 5.38. The van der Waals surface area contributed by atoms with E-state index in [0.29, 0.717) is 0 Å². The lowest BCUT2D eigenvalue weighted by molar-refractivity contribution is 0.437. The van der Waals surface area contributed by atoms with Crippen molar-refractivity contribution in [3.05, 3.63) is 37.1 Å². The number of hydrogen-bond acceptors (Lipinski definition) is 1. The Morgan fingerprint density at radius 2 is 2.67 bits per heavy atom. The molecule has 1 heterocycles. The maximum absolute atomic E-state index is 3.64. The van der Waals surface area contributed by atoms with Crippen molar-refractivity contribution >= 4 is 0 Å². The highest BCUT2D eigenvalue weighted by Gasteiger charge is 1.94. The molecule has 0 bridgehead atoms. The van der Waals surface area contributed by atoms with Gasteiger partial charge in [-0.15, -0.1) is 6.58 Å². The van der Waals surface area contributed by atoms with Gasteiger partial charge in [-0.25, -0.2) is 0 Å². The molecule has 1 nitrogen and oxygen atoms in total. The monoisotopic (exact) mass is 120 g/mol. The zero-order valence-electron chi connectivity index (χ0n) is 5.38. The minimum absolute atomic E-state index is 0.890. The molecule has 0 aliphatic carbocycles. The van der Waals surface area contributed by atoms with Crippen LogP contribution in [0.1, 0.15) is 0 Å². The van der Waals surface area contributed by atoms with E-state index in [1.807, 2.05) is 18.2 Å². The molecule has 0 fully saturated rings. The van der Waals surface area contributed by atoms with Crippen LogP contribution in [0, 0.1) is 6.20 Å². The van der Waals surface area contributed by atoms with Gasteiger partial charge >= 0.3 is 0 Å². The number of hydrogen-bond donors (Lipinski definition) is 0. The summed E-state index contributed by atoms with van der Waals surface area (Å²) in [5, 5.41) is 0. The van der Waals surface area contributed by atoms with Crippen LogP contribution in [0.4, 0.5) is 0 Å². The van der Waals surface area contributed by atoms with E-state index in [9.17, 15) is 0 Å². The first-order chi connectivity index (χ1) is 4.43. The van der Waals surface area contributed by atoms with Gasteiger partial charge in [0.25, 0.3) is 0 Å². The molecule has 47 valence electrons. The van der Waals surface area contributed by atoms with Gasteiger partial charge in [-0.05, 0) is 6.08 Å². The molecular formula is C8H10N. The molecule has 1 radical (unpaired) electrons. The Bertz CT molecular complexity index is 143. The minimum Gasteiger partial charge on any atom is -0.362 e. The van der Waals surface area contributed by atoms with Crippen LogP contribution >= 0.6 is 0 Å². The van der Waals surface area contributed by atoms with Crippen LogP contribution in [-0.2, 0) is 0 Å². The molecule has 0 spiro atoms. The molecule has 0 unspecified atom stereocenters. The van der Waals surface area contributed by atoms with Gasteiger partial charge in [0.1, 0.15) is 0 Å². The van der Waals surface area contributed by atoms with Crippen LogP contribution in [-0.4, -0.2) is 18.0 Å². The summed E-state index contributed by atoms with van der Waals surface area (Å²) >= 11 is 0. The van der Waals surface area contributed by atoms with E-state index in [0.717, 1.165) is 13.1 Å². The highest BCUT2D eigenvalue weighted by Crippen LogP contribution is 1.95. The molecule has 0 aromatic carbocycles. The third kappa shape index (κ3) is 1.76. The molecule has 0 amide bonds. The average molecular weight is 120 g/mol. The first-order valence-electron chi connectivity index (χ1n) is 3.04. The summed E-state index contributed by atoms with van der Waals surface area (Å²) < 4.78 is 0. The highest BCUT2D eigenvalue weighted by atomic mass is 15.1. The van der Waals surface area contributed by atoms with Crippen molar-refractivity contribution in [2.24, 2.45) is 0 Å². The molecule has 1 rings (SSSR count). The van der Waals surface area contributed by atoms with Gasteiger partial charge in [0.15, 0.2) is 0 Å². The Morgan fingerprint density at radius 3 is 3.22 bits per heavy atom. The van der Waals surface area contributed by atoms with Gasteiger partial charge in [0.05, 0.1) is 6.20 Å². The van der Waals surface area contributed by atoms with Gasteiger partial charge < -0.3 is 4.90 Å². The van der Waals surface area contributed by atoms with Crippen LogP contribution < -0.4 is 0 Å². The molecule has 0 aromatic heterocycles. The normalized spacial score (nSPS) is 16.2. The highest BCUT2D eigenvalue weighted by molar-refractivity contribution is 5.05. The molecule has 0 atom stereocenters. The van der Waals surface area contributed by atoms with E-state index < -0.39 is 0 Å². The first kappa shape index (κ1) is 6.14. The van der Waals surface area contributed by atoms with Crippen molar-refractivity contribution < 1.29 is 0 Å². The fraction of sp³-hybridized carbons (Fsp3) is 0.250. The lowest BCUT2D eigenvalue weighted by Crippen LogP contribution is -2.18. The van der Waals surface area contributed by atoms with Crippen molar-refractivity contribution in [3.63, 3.8) is 0 Å². The zero-order chi connectivity index (χ0) is 6.53. The van der Waals surface area contributed by atoms with Gasteiger partial charge in [0, 0.05) is 13.1 Å². The van der Waals surface area contributed by atoms with Crippen molar-refractivity contribution in [2.45, 2.75) is 0 Å². The summed E-state index contributed by atoms with van der Waals surface area (Å²) in [7, 11) is 0. The summed E-state index contributed by atoms with van der Waals surface area (Å²) in [5.41, 5.74) is 0. The molecule has 0 saturated heterocycles. The third-order valence-corrected chi connectivity index (χ3v) is 1.16. The van der Waals surface area contributed by atoms with E-state index in [-0.39, 0.29) is 0 Å². The van der Waals surface area contributed by atoms with Crippen LogP contribution in [0.2, 0.25) is 0 Å². The predicted octanol–water partition coefficient (Wildman–Crippen LogP) is 1.36. The Labute approximate surface area is 56.0 Å². The number of nitrogens with zero attached hydrogens (tertiary/aromatic N) is 1. The van der Waals surface area contributed by atoms with Gasteiger partial charge in [-0.3, -0.25) is 0 Å². The topological polar surface area (TPSA) is 3.24 Å². The van der Waals surface area contributed by atoms with Gasteiger partial charge in [-0.2, -0.15) is 0 Å². The van der Waals surface area contributed by atoms with E-state index in [1.165, 1.54) is 0 Å². The Morgan fingerprint density at radius 1 is 1.78 bits per heavy atom. The molecular weight excluding hydrogens is 110 g/mol. The molecule has 1 aliphatic heterocycles. The van der Waals surface area contributed by atoms with E-state index in [1.54, 1.807) is 0 Å². The number of allylic oxidation sites excluding steroid dienone is 2. The van der Waals surface area contributed by atoms with Crippen LogP contribution in [0.15, 0.2) is 30.9 Å². The van der Waals surface area contributed by atoms with Crippen molar-refractivity contribution in [3.8, 4) is 0 Å². The summed E-state index contributed by atoms with van der Waals surface area (Å²) in [4.78, 5) is 2.06. The summed E-state index contributed by atoms with van der Waals surface area (Å²) in [6.45, 7) is 5.49. The molecule has 0 aromatic rings. The standard InChI is InChI=1S/C8H10N/c1-2-6-9-7-4-3-5-8-9/h2-5H,1,6-7H2. The van der Waals surface area contributed by atoms with Crippen LogP contribution in [0.3, 0.4) is 0 Å².